The van der Waals surface area contributed by atoms with Crippen molar-refractivity contribution in [1.82, 2.24) is 0 Å². The van der Waals surface area contributed by atoms with Crippen molar-refractivity contribution in [2.45, 2.75) is 12.8 Å². The Labute approximate surface area is 109 Å². The molecule has 3 nitrogen and oxygen atoms in total. The fourth-order valence-corrected chi connectivity index (χ4v) is 2.89. The molecule has 1 aromatic heterocycles. The van der Waals surface area contributed by atoms with Gasteiger partial charge in [0.05, 0.1) is 12.5 Å². The summed E-state index contributed by atoms with van der Waals surface area (Å²) >= 11 is 0. The fraction of sp³-hybridized carbons (Fsp3) is 0.125. The maximum absolute atomic E-state index is 12.5. The molecule has 1 aromatic carbocycles. The van der Waals surface area contributed by atoms with Gasteiger partial charge in [0.25, 0.3) is 0 Å². The maximum atomic E-state index is 12.5. The van der Waals surface area contributed by atoms with Crippen LogP contribution in [-0.4, -0.2) is 11.6 Å². The first kappa shape index (κ1) is 10.5. The van der Waals surface area contributed by atoms with E-state index in [9.17, 15) is 9.59 Å². The molecule has 92 valence electrons. The smallest absolute Gasteiger partial charge is 0.190 e. The van der Waals surface area contributed by atoms with Crippen molar-refractivity contribution in [3.05, 3.63) is 70.2 Å². The quantitative estimate of drug-likeness (QED) is 0.722. The van der Waals surface area contributed by atoms with E-state index < -0.39 is 0 Å². The van der Waals surface area contributed by atoms with E-state index in [1.807, 2.05) is 0 Å². The zero-order valence-electron chi connectivity index (χ0n) is 10.1. The highest BCUT2D eigenvalue weighted by Crippen LogP contribution is 2.35. The third-order valence-electron chi connectivity index (χ3n) is 3.90. The number of allylic oxidation sites excluding steroid dienone is 2. The largest absolute Gasteiger partial charge is 0.472 e. The molecular formula is C16H10O3. The Morgan fingerprint density at radius 2 is 1.26 bits per heavy atom. The molecule has 1 heterocycles. The molecule has 0 aliphatic heterocycles. The van der Waals surface area contributed by atoms with Crippen molar-refractivity contribution < 1.29 is 14.0 Å². The van der Waals surface area contributed by atoms with Gasteiger partial charge in [-0.3, -0.25) is 9.59 Å². The molecule has 0 atom stereocenters. The fourth-order valence-electron chi connectivity index (χ4n) is 2.89. The van der Waals surface area contributed by atoms with Crippen LogP contribution in [0.4, 0.5) is 0 Å². The van der Waals surface area contributed by atoms with Crippen LogP contribution >= 0.6 is 0 Å². The monoisotopic (exact) mass is 250 g/mol. The molecule has 2 aromatic rings. The molecule has 0 saturated carbocycles. The number of ketones is 2. The van der Waals surface area contributed by atoms with E-state index in [-0.39, 0.29) is 11.6 Å². The van der Waals surface area contributed by atoms with Crippen LogP contribution in [0.1, 0.15) is 31.8 Å². The summed E-state index contributed by atoms with van der Waals surface area (Å²) in [6.07, 6.45) is 4.33. The van der Waals surface area contributed by atoms with Gasteiger partial charge < -0.3 is 4.42 Å². The number of carbonyl (C=O) groups excluding carboxylic acids is 2. The molecule has 2 aliphatic carbocycles. The summed E-state index contributed by atoms with van der Waals surface area (Å²) in [6.45, 7) is 0. The number of Topliss-reactive ketones (excluding diaryl/α,β-unsaturated/α-hetero) is 2. The number of hydrogen-bond acceptors (Lipinski definition) is 3. The molecule has 0 radical (unpaired) electrons. The van der Waals surface area contributed by atoms with Crippen LogP contribution in [0.2, 0.25) is 0 Å². The van der Waals surface area contributed by atoms with E-state index in [4.69, 9.17) is 4.42 Å². The Balaban J connectivity index is 1.91. The van der Waals surface area contributed by atoms with Crippen molar-refractivity contribution in [2.24, 2.45) is 0 Å². The van der Waals surface area contributed by atoms with Crippen LogP contribution in [-0.2, 0) is 12.8 Å². The van der Waals surface area contributed by atoms with Crippen molar-refractivity contribution in [3.63, 3.8) is 0 Å². The Bertz CT molecular complexity index is 700. The number of hydrogen-bond donors (Lipinski definition) is 0. The van der Waals surface area contributed by atoms with Crippen LogP contribution in [0.15, 0.2) is 52.4 Å². The highest BCUT2D eigenvalue weighted by Gasteiger charge is 2.35. The lowest BCUT2D eigenvalue weighted by atomic mass is 9.76. The van der Waals surface area contributed by atoms with Crippen LogP contribution in [0.5, 0.6) is 0 Å². The average Bonchev–Trinajstić information content (AvgIpc) is 2.90. The summed E-state index contributed by atoms with van der Waals surface area (Å²) in [5, 5.41) is 0. The number of carbonyl (C=O) groups is 2. The van der Waals surface area contributed by atoms with E-state index >= 15 is 0 Å². The zero-order chi connectivity index (χ0) is 13.0. The second kappa shape index (κ2) is 3.54. The Hall–Kier alpha value is -2.42. The standard InChI is InChI=1S/C16H10O3/c17-15-11-3-1-2-4-12(11)16(18)14-6-10-8-19-7-9(10)5-13(14)15/h1-4,7-8H,5-6H2. The van der Waals surface area contributed by atoms with Gasteiger partial charge in [-0.25, -0.2) is 0 Å². The Morgan fingerprint density at radius 1 is 0.789 bits per heavy atom. The number of benzene rings is 1. The molecule has 2 aliphatic rings. The first-order chi connectivity index (χ1) is 9.25. The molecule has 0 unspecified atom stereocenters. The number of rotatable bonds is 0. The SMILES string of the molecule is O=C1C2=C(Cc3cocc3C2)C(=O)c2ccccc21. The zero-order valence-corrected chi connectivity index (χ0v) is 10.1. The minimum Gasteiger partial charge on any atom is -0.472 e. The average molecular weight is 250 g/mol. The second-order valence-corrected chi connectivity index (χ2v) is 4.94. The maximum Gasteiger partial charge on any atom is 0.190 e. The van der Waals surface area contributed by atoms with Crippen molar-refractivity contribution in [2.75, 3.05) is 0 Å². The van der Waals surface area contributed by atoms with Gasteiger partial charge >= 0.3 is 0 Å². The normalized spacial score (nSPS) is 17.1. The van der Waals surface area contributed by atoms with Crippen molar-refractivity contribution >= 4 is 11.6 Å². The van der Waals surface area contributed by atoms with E-state index in [1.54, 1.807) is 36.8 Å². The molecule has 0 bridgehead atoms. The van der Waals surface area contributed by atoms with Gasteiger partial charge in [-0.1, -0.05) is 24.3 Å². The van der Waals surface area contributed by atoms with Gasteiger partial charge in [-0.15, -0.1) is 0 Å². The molecule has 0 N–H and O–H groups in total. The first-order valence-corrected chi connectivity index (χ1v) is 6.20. The van der Waals surface area contributed by atoms with Gasteiger partial charge in [-0.05, 0) is 11.1 Å². The minimum atomic E-state index is -0.0166. The first-order valence-electron chi connectivity index (χ1n) is 6.20. The van der Waals surface area contributed by atoms with E-state index in [0.717, 1.165) is 11.1 Å². The number of furan rings is 1. The van der Waals surface area contributed by atoms with Crippen LogP contribution in [0, 0.1) is 0 Å². The van der Waals surface area contributed by atoms with Gasteiger partial charge in [0.1, 0.15) is 0 Å². The van der Waals surface area contributed by atoms with Crippen LogP contribution in [0.3, 0.4) is 0 Å². The van der Waals surface area contributed by atoms with E-state index in [1.165, 1.54) is 0 Å². The topological polar surface area (TPSA) is 47.3 Å². The van der Waals surface area contributed by atoms with Gasteiger partial charge in [-0.2, -0.15) is 0 Å². The molecule has 4 rings (SSSR count). The summed E-state index contributed by atoms with van der Waals surface area (Å²) in [5.74, 6) is -0.0332. The molecule has 19 heavy (non-hydrogen) atoms. The number of fused-ring (bicyclic) bond motifs is 2. The van der Waals surface area contributed by atoms with Crippen LogP contribution in [0.25, 0.3) is 0 Å². The summed E-state index contributed by atoms with van der Waals surface area (Å²) in [6, 6.07) is 7.04. The Kier molecular flexibility index (Phi) is 1.96. The summed E-state index contributed by atoms with van der Waals surface area (Å²) in [4.78, 5) is 25.0. The lowest BCUT2D eigenvalue weighted by Gasteiger charge is -2.24. The van der Waals surface area contributed by atoms with Crippen molar-refractivity contribution in [3.8, 4) is 0 Å². The van der Waals surface area contributed by atoms with Crippen LogP contribution < -0.4 is 0 Å². The van der Waals surface area contributed by atoms with Gasteiger partial charge in [0.15, 0.2) is 11.6 Å². The molecule has 0 spiro atoms. The third-order valence-corrected chi connectivity index (χ3v) is 3.90. The predicted octanol–water partition coefficient (Wildman–Crippen LogP) is 2.75. The molecule has 3 heteroatoms. The summed E-state index contributed by atoms with van der Waals surface area (Å²) < 4.78 is 5.17. The van der Waals surface area contributed by atoms with E-state index in [2.05, 4.69) is 0 Å². The lowest BCUT2D eigenvalue weighted by Crippen LogP contribution is -2.26. The summed E-state index contributed by atoms with van der Waals surface area (Å²) in [7, 11) is 0. The van der Waals surface area contributed by atoms with Gasteiger partial charge in [0.2, 0.25) is 0 Å². The van der Waals surface area contributed by atoms with E-state index in [0.29, 0.717) is 35.1 Å². The third kappa shape index (κ3) is 1.32. The highest BCUT2D eigenvalue weighted by molar-refractivity contribution is 6.27. The highest BCUT2D eigenvalue weighted by atomic mass is 16.3. The van der Waals surface area contributed by atoms with Crippen molar-refractivity contribution in [1.29, 1.82) is 0 Å². The second-order valence-electron chi connectivity index (χ2n) is 4.94. The lowest BCUT2D eigenvalue weighted by molar-refractivity contribution is 0.0969. The molecule has 0 saturated heterocycles. The predicted molar refractivity (Wildman–Crippen MR) is 68.2 cm³/mol. The molecule has 0 amide bonds. The molecule has 0 fully saturated rings. The Morgan fingerprint density at radius 3 is 1.74 bits per heavy atom. The summed E-state index contributed by atoms with van der Waals surface area (Å²) in [5.41, 5.74) is 4.35. The minimum absolute atomic E-state index is 0.0166. The molecular weight excluding hydrogens is 240 g/mol. The van der Waals surface area contributed by atoms with Gasteiger partial charge in [0, 0.05) is 35.1 Å².